The Morgan fingerprint density at radius 1 is 0.404 bits per heavy atom. The molecule has 2 aliphatic rings. The van der Waals surface area contributed by atoms with Crippen molar-refractivity contribution in [3.8, 4) is 0 Å². The molecule has 2 aromatic heterocycles. The van der Waals surface area contributed by atoms with Gasteiger partial charge >= 0.3 is 37.9 Å². The Labute approximate surface area is 292 Å². The summed E-state index contributed by atoms with van der Waals surface area (Å²) in [6.45, 7) is 0. The predicted octanol–water partition coefficient (Wildman–Crippen LogP) is 11.8. The van der Waals surface area contributed by atoms with Crippen LogP contribution < -0.4 is 0 Å². The summed E-state index contributed by atoms with van der Waals surface area (Å²) in [4.78, 5) is 0. The van der Waals surface area contributed by atoms with Crippen molar-refractivity contribution >= 4 is 72.8 Å². The van der Waals surface area contributed by atoms with Crippen LogP contribution in [0.25, 0.3) is 55.8 Å². The number of rotatable bonds is 2. The Balaban J connectivity index is 0.000000128. The van der Waals surface area contributed by atoms with Crippen LogP contribution in [-0.4, -0.2) is 9.13 Å². The molecule has 0 spiro atoms. The molecule has 2 heterocycles. The third-order valence-electron chi connectivity index (χ3n) is 9.13. The van der Waals surface area contributed by atoms with E-state index in [1.54, 1.807) is 0 Å². The molecule has 224 valence electrons. The molecule has 0 saturated carbocycles. The van der Waals surface area contributed by atoms with Gasteiger partial charge in [-0.15, -0.1) is 23.3 Å². The zero-order chi connectivity index (χ0) is 31.7. The normalized spacial score (nSPS) is 15.6. The van der Waals surface area contributed by atoms with Crippen molar-refractivity contribution in [1.29, 1.82) is 0 Å². The van der Waals surface area contributed by atoms with E-state index < -0.39 is 20.8 Å². The Morgan fingerprint density at radius 2 is 0.681 bits per heavy atom. The SMILES string of the molecule is [C-]1=Cc2ccccc2C1n1c2ccccc2c2ccccc21.[C-]1=Cc2ccccc2C1n1c2ccccc2c2ccccc21.[Cl][Zr+2][Cl]. The first kappa shape index (κ1) is 30.2. The van der Waals surface area contributed by atoms with E-state index in [1.165, 1.54) is 65.9 Å². The van der Waals surface area contributed by atoms with Crippen LogP contribution in [-0.2, 0) is 20.8 Å². The number of para-hydroxylation sites is 4. The van der Waals surface area contributed by atoms with Gasteiger partial charge in [-0.3, -0.25) is 0 Å². The van der Waals surface area contributed by atoms with Crippen LogP contribution in [0.1, 0.15) is 34.3 Å². The Hall–Kier alpha value is -4.14. The monoisotopic (exact) mass is 720 g/mol. The van der Waals surface area contributed by atoms with Crippen molar-refractivity contribution in [1.82, 2.24) is 9.13 Å². The van der Waals surface area contributed by atoms with Crippen molar-refractivity contribution in [2.75, 3.05) is 0 Å². The van der Waals surface area contributed by atoms with Crippen LogP contribution in [0.5, 0.6) is 0 Å². The van der Waals surface area contributed by atoms with E-state index in [0.29, 0.717) is 0 Å². The third kappa shape index (κ3) is 5.32. The summed E-state index contributed by atoms with van der Waals surface area (Å²) >= 11 is -0.826. The van der Waals surface area contributed by atoms with Crippen molar-refractivity contribution in [3.05, 3.63) is 180 Å². The van der Waals surface area contributed by atoms with Crippen LogP contribution in [0.4, 0.5) is 0 Å². The summed E-state index contributed by atoms with van der Waals surface area (Å²) < 4.78 is 4.82. The van der Waals surface area contributed by atoms with Gasteiger partial charge in [0.1, 0.15) is 0 Å². The molecule has 0 fully saturated rings. The summed E-state index contributed by atoms with van der Waals surface area (Å²) in [5.74, 6) is 0. The van der Waals surface area contributed by atoms with Crippen molar-refractivity contribution in [2.45, 2.75) is 12.1 Å². The second-order valence-electron chi connectivity index (χ2n) is 11.6. The van der Waals surface area contributed by atoms with Crippen LogP contribution in [0.15, 0.2) is 146 Å². The molecule has 0 bridgehead atoms. The molecule has 0 radical (unpaired) electrons. The topological polar surface area (TPSA) is 9.86 Å². The maximum atomic E-state index is 4.93. The van der Waals surface area contributed by atoms with Crippen LogP contribution in [0.3, 0.4) is 0 Å². The first-order chi connectivity index (χ1) is 23.3. The zero-order valence-corrected chi connectivity index (χ0v) is 29.3. The molecule has 8 aromatic rings. The second kappa shape index (κ2) is 13.2. The average Bonchev–Trinajstić information content (AvgIpc) is 3.90. The van der Waals surface area contributed by atoms with Gasteiger partial charge in [0.15, 0.2) is 0 Å². The summed E-state index contributed by atoms with van der Waals surface area (Å²) in [6, 6.07) is 52.0. The van der Waals surface area contributed by atoms with Gasteiger partial charge in [-0.25, -0.2) is 24.3 Å². The third-order valence-corrected chi connectivity index (χ3v) is 9.13. The van der Waals surface area contributed by atoms with Gasteiger partial charge in [0, 0.05) is 43.6 Å². The summed E-state index contributed by atoms with van der Waals surface area (Å²) in [7, 11) is 9.87. The van der Waals surface area contributed by atoms with Gasteiger partial charge in [0.2, 0.25) is 0 Å². The van der Waals surface area contributed by atoms with E-state index in [-0.39, 0.29) is 12.1 Å². The van der Waals surface area contributed by atoms with Gasteiger partial charge in [0.25, 0.3) is 0 Å². The number of hydrogen-bond acceptors (Lipinski definition) is 0. The molecule has 6 aromatic carbocycles. The van der Waals surface area contributed by atoms with E-state index in [1.807, 2.05) is 0 Å². The van der Waals surface area contributed by atoms with Crippen molar-refractivity contribution < 1.29 is 20.8 Å². The predicted molar refractivity (Wildman–Crippen MR) is 195 cm³/mol. The fraction of sp³-hybridized carbons (Fsp3) is 0.0476. The zero-order valence-electron chi connectivity index (χ0n) is 25.3. The molecule has 10 rings (SSSR count). The standard InChI is InChI=1S/2C21H14N.2ClH.Zr/c2*1-2-8-16-15(7-1)13-14-21(16)22-19-11-5-3-9-17(19)18-10-4-6-12-20(18)22;;;/h2*1-13,21H;2*1H;/q2*-1;;;+4/p-2. The first-order valence-corrected chi connectivity index (χ1v) is 21.9. The minimum absolute atomic E-state index is 0.154. The summed E-state index contributed by atoms with van der Waals surface area (Å²) in [5, 5.41) is 5.24. The summed E-state index contributed by atoms with van der Waals surface area (Å²) in [5.41, 5.74) is 10.3. The Morgan fingerprint density at radius 3 is 1.02 bits per heavy atom. The van der Waals surface area contributed by atoms with E-state index in [2.05, 4.69) is 179 Å². The molecule has 2 aliphatic carbocycles. The first-order valence-electron chi connectivity index (χ1n) is 15.6. The molecule has 5 heteroatoms. The maximum absolute atomic E-state index is 4.93. The minimum atomic E-state index is -0.826. The van der Waals surface area contributed by atoms with Gasteiger partial charge < -0.3 is 9.13 Å². The summed E-state index contributed by atoms with van der Waals surface area (Å²) in [6.07, 6.45) is 11.3. The molecule has 0 aliphatic heterocycles. The molecule has 47 heavy (non-hydrogen) atoms. The molecule has 2 nitrogen and oxygen atoms in total. The molecule has 2 atom stereocenters. The van der Waals surface area contributed by atoms with Crippen molar-refractivity contribution in [2.24, 2.45) is 0 Å². The van der Waals surface area contributed by atoms with Gasteiger partial charge in [-0.1, -0.05) is 109 Å². The van der Waals surface area contributed by atoms with Crippen LogP contribution in [0.2, 0.25) is 0 Å². The number of halogens is 2. The van der Waals surface area contributed by atoms with Crippen molar-refractivity contribution in [3.63, 3.8) is 0 Å². The molecule has 0 N–H and O–H groups in total. The van der Waals surface area contributed by atoms with Gasteiger partial charge in [0.05, 0.1) is 0 Å². The van der Waals surface area contributed by atoms with Gasteiger partial charge in [-0.05, 0) is 36.3 Å². The Bertz CT molecular complexity index is 2170. The van der Waals surface area contributed by atoms with E-state index in [0.717, 1.165) is 0 Å². The molecule has 2 unspecified atom stereocenters. The second-order valence-corrected chi connectivity index (χ2v) is 15.3. The molecular weight excluding hydrogens is 695 g/mol. The van der Waals surface area contributed by atoms with Crippen LogP contribution in [0, 0.1) is 12.2 Å². The number of benzene rings is 6. The van der Waals surface area contributed by atoms with Gasteiger partial charge in [-0.2, -0.15) is 11.1 Å². The van der Waals surface area contributed by atoms with E-state index in [4.69, 9.17) is 17.0 Å². The van der Waals surface area contributed by atoms with E-state index in [9.17, 15) is 0 Å². The Kier molecular flexibility index (Phi) is 8.46. The number of allylic oxidation sites excluding steroid dienone is 2. The fourth-order valence-corrected chi connectivity index (χ4v) is 7.19. The number of hydrogen-bond donors (Lipinski definition) is 0. The average molecular weight is 723 g/mol. The number of fused-ring (bicyclic) bond motifs is 8. The number of nitrogens with zero attached hydrogens (tertiary/aromatic N) is 2. The molecule has 0 amide bonds. The quantitative estimate of drug-likeness (QED) is 0.157. The van der Waals surface area contributed by atoms with Crippen LogP contribution >= 0.6 is 17.0 Å². The fourth-order valence-electron chi connectivity index (χ4n) is 7.19. The molecule has 0 saturated heterocycles. The number of aromatic nitrogens is 2. The molecular formula is C42H28Cl2N2Zr. The van der Waals surface area contributed by atoms with E-state index >= 15 is 0 Å².